The highest BCUT2D eigenvalue weighted by molar-refractivity contribution is 5.77. The van der Waals surface area contributed by atoms with E-state index in [0.29, 0.717) is 18.5 Å². The van der Waals surface area contributed by atoms with Gasteiger partial charge in [0.1, 0.15) is 6.07 Å². The third kappa shape index (κ3) is 3.83. The number of hydrogen-bond acceptors (Lipinski definition) is 4. The highest BCUT2D eigenvalue weighted by Crippen LogP contribution is 2.22. The molecule has 0 bridgehead atoms. The number of hydrogen-bond donors (Lipinski definition) is 0. The Hall–Kier alpha value is -2.06. The average molecular weight is 313 g/mol. The highest BCUT2D eigenvalue weighted by Gasteiger charge is 2.25. The van der Waals surface area contributed by atoms with Crippen LogP contribution in [0.3, 0.4) is 0 Å². The molecule has 2 heterocycles. The normalized spacial score (nSPS) is 21.8. The van der Waals surface area contributed by atoms with Gasteiger partial charge in [-0.15, -0.1) is 0 Å². The van der Waals surface area contributed by atoms with Crippen LogP contribution < -0.4 is 4.90 Å². The molecule has 1 aromatic carbocycles. The van der Waals surface area contributed by atoms with Crippen molar-refractivity contribution in [3.8, 4) is 6.07 Å². The van der Waals surface area contributed by atoms with Crippen LogP contribution in [0.5, 0.6) is 0 Å². The fourth-order valence-electron chi connectivity index (χ4n) is 3.38. The smallest absolute Gasteiger partial charge is 0.225 e. The Morgan fingerprint density at radius 3 is 2.87 bits per heavy atom. The molecule has 23 heavy (non-hydrogen) atoms. The van der Waals surface area contributed by atoms with Gasteiger partial charge in [0.25, 0.3) is 0 Å². The van der Waals surface area contributed by atoms with E-state index in [9.17, 15) is 10.1 Å². The maximum absolute atomic E-state index is 12.4. The van der Waals surface area contributed by atoms with E-state index in [-0.39, 0.29) is 12.0 Å². The fraction of sp³-hybridized carbons (Fsp3) is 0.556. The second-order valence-electron chi connectivity index (χ2n) is 6.19. The molecule has 0 aliphatic carbocycles. The van der Waals surface area contributed by atoms with Gasteiger partial charge in [0.05, 0.1) is 23.8 Å². The summed E-state index contributed by atoms with van der Waals surface area (Å²) in [5.41, 5.74) is 1.68. The lowest BCUT2D eigenvalue weighted by Crippen LogP contribution is -2.36. The Morgan fingerprint density at radius 1 is 1.22 bits per heavy atom. The Morgan fingerprint density at radius 2 is 2.09 bits per heavy atom. The summed E-state index contributed by atoms with van der Waals surface area (Å²) < 4.78 is 5.57. The summed E-state index contributed by atoms with van der Waals surface area (Å²) >= 11 is 0. The summed E-state index contributed by atoms with van der Waals surface area (Å²) in [5, 5.41) is 9.26. The first-order chi connectivity index (χ1) is 11.3. The molecule has 1 aromatic rings. The van der Waals surface area contributed by atoms with E-state index in [4.69, 9.17) is 4.74 Å². The summed E-state index contributed by atoms with van der Waals surface area (Å²) in [6.45, 7) is 3.94. The minimum absolute atomic E-state index is 0.112. The van der Waals surface area contributed by atoms with Crippen LogP contribution in [0.2, 0.25) is 0 Å². The van der Waals surface area contributed by atoms with Gasteiger partial charge in [0.15, 0.2) is 0 Å². The summed E-state index contributed by atoms with van der Waals surface area (Å²) in [6, 6.07) is 9.94. The lowest BCUT2D eigenvalue weighted by molar-refractivity contribution is -0.133. The number of carbonyl (C=O) groups excluding carboxylic acids is 1. The molecule has 1 unspecified atom stereocenters. The van der Waals surface area contributed by atoms with E-state index in [2.05, 4.69) is 11.0 Å². The van der Waals surface area contributed by atoms with E-state index in [0.717, 1.165) is 51.2 Å². The van der Waals surface area contributed by atoms with Crippen molar-refractivity contribution in [2.75, 3.05) is 37.7 Å². The van der Waals surface area contributed by atoms with Crippen LogP contribution in [0, 0.1) is 11.3 Å². The summed E-state index contributed by atoms with van der Waals surface area (Å²) in [4.78, 5) is 16.6. The Balaban J connectivity index is 1.60. The molecule has 5 nitrogen and oxygen atoms in total. The van der Waals surface area contributed by atoms with Gasteiger partial charge >= 0.3 is 0 Å². The Labute approximate surface area is 137 Å². The van der Waals surface area contributed by atoms with Crippen LogP contribution in [0.4, 0.5) is 5.69 Å². The standard InChI is InChI=1S/C18H23N3O2/c19-14-15-5-1-2-7-17(15)20-8-4-9-21(11-10-20)18(22)13-16-6-3-12-23-16/h1-2,5,7,16H,3-4,6,8-13H2. The second-order valence-corrected chi connectivity index (χ2v) is 6.19. The molecule has 0 N–H and O–H groups in total. The molecular formula is C18H23N3O2. The summed E-state index contributed by atoms with van der Waals surface area (Å²) in [7, 11) is 0. The molecule has 5 heteroatoms. The minimum Gasteiger partial charge on any atom is -0.378 e. The highest BCUT2D eigenvalue weighted by atomic mass is 16.5. The fourth-order valence-corrected chi connectivity index (χ4v) is 3.38. The summed E-state index contributed by atoms with van der Waals surface area (Å²) in [6.07, 6.45) is 3.62. The Bertz CT molecular complexity index is 590. The van der Waals surface area contributed by atoms with E-state index >= 15 is 0 Å². The van der Waals surface area contributed by atoms with Crippen molar-refractivity contribution in [3.63, 3.8) is 0 Å². The van der Waals surface area contributed by atoms with Crippen molar-refractivity contribution in [2.45, 2.75) is 31.8 Å². The second kappa shape index (κ2) is 7.47. The van der Waals surface area contributed by atoms with Gasteiger partial charge in [0.2, 0.25) is 5.91 Å². The molecule has 0 spiro atoms. The zero-order valence-corrected chi connectivity index (χ0v) is 13.4. The van der Waals surface area contributed by atoms with E-state index in [1.54, 1.807) is 0 Å². The molecule has 0 aromatic heterocycles. The van der Waals surface area contributed by atoms with Crippen LogP contribution in [0.1, 0.15) is 31.2 Å². The number of benzene rings is 1. The molecule has 2 saturated heterocycles. The lowest BCUT2D eigenvalue weighted by Gasteiger charge is -2.25. The van der Waals surface area contributed by atoms with Gasteiger partial charge < -0.3 is 14.5 Å². The molecule has 1 atom stereocenters. The van der Waals surface area contributed by atoms with Crippen LogP contribution >= 0.6 is 0 Å². The Kier molecular flexibility index (Phi) is 5.14. The van der Waals surface area contributed by atoms with Gasteiger partial charge in [-0.1, -0.05) is 12.1 Å². The first-order valence-electron chi connectivity index (χ1n) is 8.41. The number of amides is 1. The van der Waals surface area contributed by atoms with E-state index < -0.39 is 0 Å². The van der Waals surface area contributed by atoms with Crippen LogP contribution in [0.15, 0.2) is 24.3 Å². The van der Waals surface area contributed by atoms with Gasteiger partial charge in [0, 0.05) is 32.8 Å². The molecule has 2 aliphatic heterocycles. The van der Waals surface area contributed by atoms with Crippen LogP contribution in [-0.4, -0.2) is 49.7 Å². The summed E-state index contributed by atoms with van der Waals surface area (Å²) in [5.74, 6) is 0.201. The lowest BCUT2D eigenvalue weighted by atomic mass is 10.1. The third-order valence-corrected chi connectivity index (χ3v) is 4.64. The monoisotopic (exact) mass is 313 g/mol. The number of para-hydroxylation sites is 1. The van der Waals surface area contributed by atoms with Gasteiger partial charge in [-0.05, 0) is 31.4 Å². The van der Waals surface area contributed by atoms with Crippen molar-refractivity contribution in [2.24, 2.45) is 0 Å². The zero-order valence-electron chi connectivity index (χ0n) is 13.4. The minimum atomic E-state index is 0.112. The van der Waals surface area contributed by atoms with Crippen LogP contribution in [0.25, 0.3) is 0 Å². The van der Waals surface area contributed by atoms with Gasteiger partial charge in [-0.2, -0.15) is 5.26 Å². The largest absolute Gasteiger partial charge is 0.378 e. The molecule has 0 radical (unpaired) electrons. The number of rotatable bonds is 3. The molecule has 2 fully saturated rings. The number of nitriles is 1. The quantitative estimate of drug-likeness (QED) is 0.858. The van der Waals surface area contributed by atoms with Crippen molar-refractivity contribution < 1.29 is 9.53 Å². The molecule has 0 saturated carbocycles. The van der Waals surface area contributed by atoms with Gasteiger partial charge in [-0.3, -0.25) is 4.79 Å². The molecule has 122 valence electrons. The SMILES string of the molecule is N#Cc1ccccc1N1CCCN(C(=O)CC2CCCO2)CC1. The third-order valence-electron chi connectivity index (χ3n) is 4.64. The van der Waals surface area contributed by atoms with Crippen molar-refractivity contribution in [1.29, 1.82) is 5.26 Å². The van der Waals surface area contributed by atoms with Crippen molar-refractivity contribution in [3.05, 3.63) is 29.8 Å². The van der Waals surface area contributed by atoms with E-state index in [1.165, 1.54) is 0 Å². The number of nitrogens with zero attached hydrogens (tertiary/aromatic N) is 3. The predicted octanol–water partition coefficient (Wildman–Crippen LogP) is 2.17. The maximum Gasteiger partial charge on any atom is 0.225 e. The van der Waals surface area contributed by atoms with Gasteiger partial charge in [-0.25, -0.2) is 0 Å². The number of anilines is 1. The first kappa shape index (κ1) is 15.8. The van der Waals surface area contributed by atoms with E-state index in [1.807, 2.05) is 29.2 Å². The maximum atomic E-state index is 12.4. The average Bonchev–Trinajstić information content (AvgIpc) is 2.96. The molecule has 3 rings (SSSR count). The topological polar surface area (TPSA) is 56.6 Å². The molecule has 1 amide bonds. The molecule has 2 aliphatic rings. The number of carbonyl (C=O) groups is 1. The van der Waals surface area contributed by atoms with Crippen LogP contribution in [-0.2, 0) is 9.53 Å². The molecular weight excluding hydrogens is 290 g/mol. The number of ether oxygens (including phenoxy) is 1. The van der Waals surface area contributed by atoms with Crippen molar-refractivity contribution in [1.82, 2.24) is 4.90 Å². The van der Waals surface area contributed by atoms with Crippen molar-refractivity contribution >= 4 is 11.6 Å². The predicted molar refractivity (Wildman–Crippen MR) is 88.2 cm³/mol. The zero-order chi connectivity index (χ0) is 16.1. The first-order valence-corrected chi connectivity index (χ1v) is 8.41.